The Morgan fingerprint density at radius 2 is 1.51 bits per heavy atom. The minimum Gasteiger partial charge on any atom is -0.348 e. The summed E-state index contributed by atoms with van der Waals surface area (Å²) in [6.45, 7) is 0.265. The van der Waals surface area contributed by atoms with Crippen LogP contribution in [0.4, 0.5) is 0 Å². The number of hydrogen-bond donors (Lipinski definition) is 2. The van der Waals surface area contributed by atoms with Crippen LogP contribution in [0.1, 0.15) is 60.6 Å². The molecule has 7 amide bonds. The van der Waals surface area contributed by atoms with Crippen LogP contribution in [0.5, 0.6) is 0 Å². The number of rotatable bonds is 7. The van der Waals surface area contributed by atoms with Crippen LogP contribution in [0.25, 0.3) is 5.57 Å². The van der Waals surface area contributed by atoms with Crippen LogP contribution in [-0.4, -0.2) is 57.2 Å². The van der Waals surface area contributed by atoms with Crippen molar-refractivity contribution < 1.29 is 33.6 Å². The van der Waals surface area contributed by atoms with Crippen molar-refractivity contribution in [2.24, 2.45) is 0 Å². The first kappa shape index (κ1) is 27.5. The zero-order valence-electron chi connectivity index (χ0n) is 22.7. The molecule has 43 heavy (non-hydrogen) atoms. The molecule has 0 bridgehead atoms. The Hall–Kier alpha value is -5.71. The van der Waals surface area contributed by atoms with Gasteiger partial charge in [0.2, 0.25) is 11.8 Å². The highest BCUT2D eigenvalue weighted by atomic mass is 16.2. The highest BCUT2D eigenvalue weighted by Crippen LogP contribution is 2.29. The molecule has 1 unspecified atom stereocenters. The van der Waals surface area contributed by atoms with Crippen molar-refractivity contribution >= 4 is 46.9 Å². The van der Waals surface area contributed by atoms with E-state index in [9.17, 15) is 33.6 Å². The van der Waals surface area contributed by atoms with E-state index in [0.29, 0.717) is 11.1 Å². The quantitative estimate of drug-likeness (QED) is 0.408. The molecule has 3 aromatic rings. The molecule has 0 saturated carbocycles. The van der Waals surface area contributed by atoms with E-state index in [1.165, 1.54) is 29.2 Å². The maximum atomic E-state index is 13.0. The van der Waals surface area contributed by atoms with Crippen molar-refractivity contribution in [3.8, 4) is 0 Å². The van der Waals surface area contributed by atoms with Gasteiger partial charge in [0.05, 0.1) is 23.2 Å². The molecule has 2 N–H and O–H groups in total. The summed E-state index contributed by atoms with van der Waals surface area (Å²) in [5, 5.41) is 4.92. The topological polar surface area (TPSA) is 150 Å². The summed E-state index contributed by atoms with van der Waals surface area (Å²) in [5.74, 6) is -3.72. The smallest absolute Gasteiger partial charge is 0.262 e. The van der Waals surface area contributed by atoms with E-state index in [1.807, 2.05) is 6.07 Å². The molecule has 3 aliphatic heterocycles. The van der Waals surface area contributed by atoms with Gasteiger partial charge < -0.3 is 5.32 Å². The van der Waals surface area contributed by atoms with Gasteiger partial charge >= 0.3 is 0 Å². The lowest BCUT2D eigenvalue weighted by molar-refractivity contribution is -0.138. The molecular formula is C32H24N4O7. The molecule has 0 aliphatic carbocycles. The SMILES string of the molecule is O=C1CCC(N2C(=O)c3ccc(C(=O)NCc4ccc(CN5C(=O)C=C(c6ccccc6)C5=O)cc4)cc3C2=O)C(=O)N1. The Morgan fingerprint density at radius 1 is 0.814 bits per heavy atom. The minimum absolute atomic E-state index is 0.0132. The number of nitrogens with zero attached hydrogens (tertiary/aromatic N) is 2. The number of piperidine rings is 1. The highest BCUT2D eigenvalue weighted by molar-refractivity contribution is 6.33. The van der Waals surface area contributed by atoms with Crippen LogP contribution in [0.15, 0.2) is 78.9 Å². The van der Waals surface area contributed by atoms with Crippen LogP contribution < -0.4 is 10.6 Å². The van der Waals surface area contributed by atoms with Gasteiger partial charge in [-0.25, -0.2) is 0 Å². The van der Waals surface area contributed by atoms with E-state index in [-0.39, 0.29) is 54.4 Å². The summed E-state index contributed by atoms with van der Waals surface area (Å²) in [6.07, 6.45) is 1.40. The molecule has 0 radical (unpaired) electrons. The standard InChI is InChI=1S/C32H24N4O7/c37-26-13-12-25(29(40)34-26)36-31(42)22-11-10-21(14-24(22)32(36)43)28(39)33-16-18-6-8-19(9-7-18)17-35-27(38)15-23(30(35)41)20-4-2-1-3-5-20/h1-11,14-15,25H,12-13,16-17H2,(H,33,39)(H,34,37,40). The Labute approximate surface area is 245 Å². The van der Waals surface area contributed by atoms with Crippen molar-refractivity contribution in [1.82, 2.24) is 20.4 Å². The number of carbonyl (C=O) groups is 7. The van der Waals surface area contributed by atoms with Crippen molar-refractivity contribution in [2.75, 3.05) is 0 Å². The first-order chi connectivity index (χ1) is 20.7. The van der Waals surface area contributed by atoms with Gasteiger partial charge in [0.1, 0.15) is 6.04 Å². The minimum atomic E-state index is -1.09. The number of fused-ring (bicyclic) bond motifs is 1. The third-order valence-corrected chi connectivity index (χ3v) is 7.61. The Balaban J connectivity index is 1.07. The summed E-state index contributed by atoms with van der Waals surface area (Å²) >= 11 is 0. The monoisotopic (exact) mass is 576 g/mol. The van der Waals surface area contributed by atoms with Gasteiger partial charge in [-0.1, -0.05) is 54.6 Å². The molecule has 1 saturated heterocycles. The number of hydrogen-bond acceptors (Lipinski definition) is 7. The summed E-state index contributed by atoms with van der Waals surface area (Å²) in [5.41, 5.74) is 2.80. The molecule has 11 nitrogen and oxygen atoms in total. The molecule has 0 aromatic heterocycles. The lowest BCUT2D eigenvalue weighted by atomic mass is 10.0. The molecule has 0 spiro atoms. The van der Waals surface area contributed by atoms with E-state index in [1.54, 1.807) is 48.5 Å². The second-order valence-electron chi connectivity index (χ2n) is 10.4. The predicted molar refractivity (Wildman–Crippen MR) is 151 cm³/mol. The fourth-order valence-electron chi connectivity index (χ4n) is 5.32. The molecule has 3 heterocycles. The zero-order valence-corrected chi connectivity index (χ0v) is 22.7. The maximum absolute atomic E-state index is 13.0. The third-order valence-electron chi connectivity index (χ3n) is 7.61. The van der Waals surface area contributed by atoms with Gasteiger partial charge in [0.25, 0.3) is 29.5 Å². The van der Waals surface area contributed by atoms with Gasteiger partial charge in [-0.05, 0) is 41.3 Å². The number of amides is 7. The maximum Gasteiger partial charge on any atom is 0.262 e. The van der Waals surface area contributed by atoms with E-state index >= 15 is 0 Å². The van der Waals surface area contributed by atoms with Gasteiger partial charge in [-0.2, -0.15) is 0 Å². The molecule has 6 rings (SSSR count). The van der Waals surface area contributed by atoms with Crippen molar-refractivity contribution in [1.29, 1.82) is 0 Å². The van der Waals surface area contributed by atoms with E-state index < -0.39 is 35.6 Å². The number of benzene rings is 3. The molecular weight excluding hydrogens is 552 g/mol. The molecule has 1 atom stereocenters. The van der Waals surface area contributed by atoms with Crippen molar-refractivity contribution in [2.45, 2.75) is 32.0 Å². The summed E-state index contributed by atoms with van der Waals surface area (Å²) in [6, 6.07) is 19.1. The second-order valence-corrected chi connectivity index (χ2v) is 10.4. The van der Waals surface area contributed by atoms with Gasteiger partial charge in [-0.3, -0.25) is 48.7 Å². The van der Waals surface area contributed by atoms with E-state index in [2.05, 4.69) is 10.6 Å². The molecule has 214 valence electrons. The Morgan fingerprint density at radius 3 is 2.23 bits per heavy atom. The first-order valence-electron chi connectivity index (χ1n) is 13.6. The van der Waals surface area contributed by atoms with Crippen molar-refractivity contribution in [3.63, 3.8) is 0 Å². The number of carbonyl (C=O) groups excluding carboxylic acids is 7. The van der Waals surface area contributed by atoms with Crippen LogP contribution in [0.2, 0.25) is 0 Å². The summed E-state index contributed by atoms with van der Waals surface area (Å²) in [4.78, 5) is 89.9. The predicted octanol–water partition coefficient (Wildman–Crippen LogP) is 1.97. The fourth-order valence-corrected chi connectivity index (χ4v) is 5.32. The third kappa shape index (κ3) is 5.12. The van der Waals surface area contributed by atoms with Crippen LogP contribution in [0.3, 0.4) is 0 Å². The molecule has 3 aliphatic rings. The van der Waals surface area contributed by atoms with Crippen molar-refractivity contribution in [3.05, 3.63) is 112 Å². The molecule has 3 aromatic carbocycles. The lowest BCUT2D eigenvalue weighted by Gasteiger charge is -2.27. The Bertz CT molecular complexity index is 1760. The summed E-state index contributed by atoms with van der Waals surface area (Å²) < 4.78 is 0. The van der Waals surface area contributed by atoms with Gasteiger partial charge in [0.15, 0.2) is 0 Å². The van der Waals surface area contributed by atoms with E-state index in [0.717, 1.165) is 16.0 Å². The van der Waals surface area contributed by atoms with E-state index in [4.69, 9.17) is 0 Å². The zero-order chi connectivity index (χ0) is 30.2. The Kier molecular flexibility index (Phi) is 6.98. The average Bonchev–Trinajstić information content (AvgIpc) is 3.43. The van der Waals surface area contributed by atoms with Crippen LogP contribution >= 0.6 is 0 Å². The highest BCUT2D eigenvalue weighted by Gasteiger charge is 2.44. The van der Waals surface area contributed by atoms with Crippen LogP contribution in [-0.2, 0) is 32.3 Å². The van der Waals surface area contributed by atoms with Gasteiger partial charge in [-0.15, -0.1) is 0 Å². The number of imide groups is 3. The average molecular weight is 577 g/mol. The first-order valence-corrected chi connectivity index (χ1v) is 13.6. The fraction of sp³-hybridized carbons (Fsp3) is 0.156. The normalized spacial score (nSPS) is 18.1. The lowest BCUT2D eigenvalue weighted by Crippen LogP contribution is -2.54. The molecule has 1 fully saturated rings. The van der Waals surface area contributed by atoms with Crippen LogP contribution in [0, 0.1) is 0 Å². The number of nitrogens with one attached hydrogen (secondary N) is 2. The summed E-state index contributed by atoms with van der Waals surface area (Å²) in [7, 11) is 0. The van der Waals surface area contributed by atoms with Gasteiger partial charge in [0, 0.05) is 24.6 Å². The molecule has 11 heteroatoms. The second kappa shape index (κ2) is 10.9. The largest absolute Gasteiger partial charge is 0.348 e.